The van der Waals surface area contributed by atoms with Gasteiger partial charge in [0.15, 0.2) is 0 Å². The van der Waals surface area contributed by atoms with Crippen molar-refractivity contribution in [2.75, 3.05) is 18.5 Å². The van der Waals surface area contributed by atoms with E-state index in [0.717, 1.165) is 11.0 Å². The molecule has 0 atom stereocenters. The Bertz CT molecular complexity index is 616. The standard InChI is InChI=1S/C13H12BrFN2O3/c1-7-4-8(14)10(5-9(7)15)16-11-6-12(19)17(2-3-18)13(11)20/h4-6,16,18H,2-3H2,1H3. The van der Waals surface area contributed by atoms with Crippen molar-refractivity contribution in [3.63, 3.8) is 0 Å². The third-order valence-corrected chi connectivity index (χ3v) is 3.51. The fourth-order valence-corrected chi connectivity index (χ4v) is 2.35. The number of rotatable bonds is 4. The Balaban J connectivity index is 2.23. The lowest BCUT2D eigenvalue weighted by Crippen LogP contribution is -2.34. The lowest BCUT2D eigenvalue weighted by Gasteiger charge is -2.14. The monoisotopic (exact) mass is 342 g/mol. The number of benzene rings is 1. The molecule has 0 fully saturated rings. The van der Waals surface area contributed by atoms with Gasteiger partial charge in [0.1, 0.15) is 11.5 Å². The summed E-state index contributed by atoms with van der Waals surface area (Å²) in [5, 5.41) is 11.5. The Kier molecular flexibility index (Phi) is 4.20. The first-order chi connectivity index (χ1) is 9.43. The van der Waals surface area contributed by atoms with E-state index >= 15 is 0 Å². The Morgan fingerprint density at radius 3 is 2.75 bits per heavy atom. The Labute approximate surface area is 123 Å². The number of hydrogen-bond acceptors (Lipinski definition) is 4. The van der Waals surface area contributed by atoms with E-state index in [2.05, 4.69) is 21.2 Å². The maximum atomic E-state index is 13.5. The van der Waals surface area contributed by atoms with Crippen molar-refractivity contribution < 1.29 is 19.1 Å². The SMILES string of the molecule is Cc1cc(Br)c(NC2=CC(=O)N(CCO)C2=O)cc1F. The minimum absolute atomic E-state index is 0.0485. The van der Waals surface area contributed by atoms with Gasteiger partial charge in [-0.1, -0.05) is 0 Å². The minimum atomic E-state index is -0.545. The number of amides is 2. The smallest absolute Gasteiger partial charge is 0.277 e. The van der Waals surface area contributed by atoms with Crippen LogP contribution in [0.3, 0.4) is 0 Å². The van der Waals surface area contributed by atoms with Crippen LogP contribution in [-0.2, 0) is 9.59 Å². The van der Waals surface area contributed by atoms with E-state index in [1.165, 1.54) is 6.07 Å². The zero-order valence-electron chi connectivity index (χ0n) is 10.6. The summed E-state index contributed by atoms with van der Waals surface area (Å²) >= 11 is 3.26. The first kappa shape index (κ1) is 14.7. The van der Waals surface area contributed by atoms with Gasteiger partial charge in [0.2, 0.25) is 0 Å². The summed E-state index contributed by atoms with van der Waals surface area (Å²) in [5.74, 6) is -1.47. The quantitative estimate of drug-likeness (QED) is 0.814. The van der Waals surface area contributed by atoms with Crippen LogP contribution in [0.25, 0.3) is 0 Å². The molecule has 0 unspecified atom stereocenters. The number of imide groups is 1. The molecule has 0 aromatic heterocycles. The highest BCUT2D eigenvalue weighted by molar-refractivity contribution is 9.10. The van der Waals surface area contributed by atoms with E-state index < -0.39 is 17.6 Å². The second-order valence-electron chi connectivity index (χ2n) is 4.28. The summed E-state index contributed by atoms with van der Waals surface area (Å²) in [6, 6.07) is 2.82. The highest BCUT2D eigenvalue weighted by Crippen LogP contribution is 2.28. The molecule has 2 N–H and O–H groups in total. The van der Waals surface area contributed by atoms with E-state index in [4.69, 9.17) is 5.11 Å². The molecule has 0 saturated heterocycles. The third-order valence-electron chi connectivity index (χ3n) is 2.85. The Hall–Kier alpha value is -1.73. The van der Waals surface area contributed by atoms with Crippen LogP contribution in [0.15, 0.2) is 28.4 Å². The number of aliphatic hydroxyl groups excluding tert-OH is 1. The number of hydrogen-bond donors (Lipinski definition) is 2. The average molecular weight is 343 g/mol. The molecule has 0 spiro atoms. The molecule has 0 saturated carbocycles. The minimum Gasteiger partial charge on any atom is -0.395 e. The fraction of sp³-hybridized carbons (Fsp3) is 0.231. The predicted molar refractivity (Wildman–Crippen MR) is 74.3 cm³/mol. The molecule has 1 aromatic carbocycles. The third kappa shape index (κ3) is 2.73. The van der Waals surface area contributed by atoms with Gasteiger partial charge < -0.3 is 10.4 Å². The number of β-amino-alcohol motifs (C(OH)–C–C–N with tert-alkyl or cyclic N) is 1. The van der Waals surface area contributed by atoms with Crippen LogP contribution in [0.4, 0.5) is 10.1 Å². The second kappa shape index (κ2) is 5.72. The zero-order chi connectivity index (χ0) is 14.9. The van der Waals surface area contributed by atoms with Gasteiger partial charge in [-0.25, -0.2) is 4.39 Å². The van der Waals surface area contributed by atoms with Gasteiger partial charge in [-0.2, -0.15) is 0 Å². The van der Waals surface area contributed by atoms with Crippen molar-refractivity contribution in [2.24, 2.45) is 0 Å². The summed E-state index contributed by atoms with van der Waals surface area (Å²) in [6.45, 7) is 1.25. The molecular weight excluding hydrogens is 331 g/mol. The number of aryl methyl sites for hydroxylation is 1. The molecule has 1 aromatic rings. The Morgan fingerprint density at radius 2 is 2.10 bits per heavy atom. The number of nitrogens with zero attached hydrogens (tertiary/aromatic N) is 1. The van der Waals surface area contributed by atoms with Crippen LogP contribution in [0.2, 0.25) is 0 Å². The summed E-state index contributed by atoms with van der Waals surface area (Å²) in [7, 11) is 0. The summed E-state index contributed by atoms with van der Waals surface area (Å²) in [4.78, 5) is 24.4. The van der Waals surface area contributed by atoms with Crippen molar-refractivity contribution in [2.45, 2.75) is 6.92 Å². The van der Waals surface area contributed by atoms with Gasteiger partial charge in [0.25, 0.3) is 11.8 Å². The number of aliphatic hydroxyl groups is 1. The Morgan fingerprint density at radius 1 is 1.40 bits per heavy atom. The second-order valence-corrected chi connectivity index (χ2v) is 5.14. The van der Waals surface area contributed by atoms with Crippen LogP contribution < -0.4 is 5.32 Å². The molecule has 7 heteroatoms. The highest BCUT2D eigenvalue weighted by atomic mass is 79.9. The molecule has 1 aliphatic rings. The van der Waals surface area contributed by atoms with Crippen molar-refractivity contribution in [3.8, 4) is 0 Å². The molecule has 0 bridgehead atoms. The number of carbonyl (C=O) groups is 2. The maximum absolute atomic E-state index is 13.5. The van der Waals surface area contributed by atoms with E-state index in [1.54, 1.807) is 13.0 Å². The van der Waals surface area contributed by atoms with E-state index in [9.17, 15) is 14.0 Å². The predicted octanol–water partition coefficient (Wildman–Crippen LogP) is 1.55. The van der Waals surface area contributed by atoms with Crippen LogP contribution in [0.1, 0.15) is 5.56 Å². The van der Waals surface area contributed by atoms with E-state index in [0.29, 0.717) is 15.7 Å². The average Bonchev–Trinajstić information content (AvgIpc) is 2.64. The van der Waals surface area contributed by atoms with Gasteiger partial charge >= 0.3 is 0 Å². The van der Waals surface area contributed by atoms with Crippen molar-refractivity contribution in [1.82, 2.24) is 4.90 Å². The first-order valence-electron chi connectivity index (χ1n) is 5.85. The molecule has 0 radical (unpaired) electrons. The lowest BCUT2D eigenvalue weighted by atomic mass is 10.2. The molecule has 2 rings (SSSR count). The first-order valence-corrected chi connectivity index (χ1v) is 6.64. The van der Waals surface area contributed by atoms with Gasteiger partial charge in [-0.3, -0.25) is 14.5 Å². The fourth-order valence-electron chi connectivity index (χ4n) is 1.80. The van der Waals surface area contributed by atoms with Gasteiger partial charge in [-0.05, 0) is 40.5 Å². The van der Waals surface area contributed by atoms with Gasteiger partial charge in [-0.15, -0.1) is 0 Å². The number of halogens is 2. The normalized spacial score (nSPS) is 14.8. The number of carbonyl (C=O) groups excluding carboxylic acids is 2. The van der Waals surface area contributed by atoms with Crippen LogP contribution >= 0.6 is 15.9 Å². The summed E-state index contributed by atoms with van der Waals surface area (Å²) in [6.07, 6.45) is 1.13. The molecule has 20 heavy (non-hydrogen) atoms. The van der Waals surface area contributed by atoms with Crippen molar-refractivity contribution >= 4 is 33.4 Å². The van der Waals surface area contributed by atoms with E-state index in [1.807, 2.05) is 0 Å². The topological polar surface area (TPSA) is 69.6 Å². The highest BCUT2D eigenvalue weighted by Gasteiger charge is 2.30. The molecule has 0 aliphatic carbocycles. The number of anilines is 1. The van der Waals surface area contributed by atoms with Gasteiger partial charge in [0, 0.05) is 10.5 Å². The summed E-state index contributed by atoms with van der Waals surface area (Å²) < 4.78 is 14.1. The molecule has 1 heterocycles. The van der Waals surface area contributed by atoms with Crippen LogP contribution in [0, 0.1) is 12.7 Å². The van der Waals surface area contributed by atoms with E-state index in [-0.39, 0.29) is 18.8 Å². The molecule has 2 amide bonds. The van der Waals surface area contributed by atoms with Crippen molar-refractivity contribution in [3.05, 3.63) is 39.8 Å². The number of nitrogens with one attached hydrogen (secondary N) is 1. The zero-order valence-corrected chi connectivity index (χ0v) is 12.2. The maximum Gasteiger partial charge on any atom is 0.277 e. The van der Waals surface area contributed by atoms with Crippen molar-refractivity contribution in [1.29, 1.82) is 0 Å². The molecule has 1 aliphatic heterocycles. The molecule has 106 valence electrons. The van der Waals surface area contributed by atoms with Crippen LogP contribution in [0.5, 0.6) is 0 Å². The molecule has 5 nitrogen and oxygen atoms in total. The van der Waals surface area contributed by atoms with Gasteiger partial charge in [0.05, 0.1) is 18.8 Å². The summed E-state index contributed by atoms with van der Waals surface area (Å²) in [5.41, 5.74) is 0.867. The molecular formula is C13H12BrFN2O3. The lowest BCUT2D eigenvalue weighted by molar-refractivity contribution is -0.137. The van der Waals surface area contributed by atoms with Crippen LogP contribution in [-0.4, -0.2) is 35.0 Å². The largest absolute Gasteiger partial charge is 0.395 e.